The van der Waals surface area contributed by atoms with Crippen molar-refractivity contribution in [2.24, 2.45) is 0 Å². The molecular formula is C20H17FN4O5S2. The summed E-state index contributed by atoms with van der Waals surface area (Å²) in [6, 6.07) is 7.92. The van der Waals surface area contributed by atoms with E-state index in [1.165, 1.54) is 12.1 Å². The first-order valence-electron chi connectivity index (χ1n) is 9.25. The Kier molecular flexibility index (Phi) is 7.80. The molecule has 0 aliphatic rings. The second-order valence-electron chi connectivity index (χ2n) is 6.11. The van der Waals surface area contributed by atoms with Crippen LogP contribution in [0, 0.1) is 24.1 Å². The highest BCUT2D eigenvalue weighted by atomic mass is 32.2. The lowest BCUT2D eigenvalue weighted by molar-refractivity contribution is -0.113. The van der Waals surface area contributed by atoms with E-state index in [1.54, 1.807) is 26.0 Å². The summed E-state index contributed by atoms with van der Waals surface area (Å²) in [5.74, 6) is -1.38. The van der Waals surface area contributed by atoms with Crippen LogP contribution in [0.2, 0.25) is 0 Å². The van der Waals surface area contributed by atoms with Crippen molar-refractivity contribution < 1.29 is 27.9 Å². The van der Waals surface area contributed by atoms with Crippen LogP contribution >= 0.6 is 23.1 Å². The molecule has 0 radical (unpaired) electrons. The molecule has 3 aromatic rings. The number of halogens is 1. The molecule has 0 saturated heterocycles. The molecule has 2 aromatic heterocycles. The molecule has 1 amide bonds. The van der Waals surface area contributed by atoms with Gasteiger partial charge in [0.25, 0.3) is 11.1 Å². The Labute approximate surface area is 190 Å². The molecule has 3 rings (SSSR count). The summed E-state index contributed by atoms with van der Waals surface area (Å²) in [6.45, 7) is 3.38. The second-order valence-corrected chi connectivity index (χ2v) is 8.06. The van der Waals surface area contributed by atoms with Crippen molar-refractivity contribution in [3.8, 4) is 11.8 Å². The lowest BCUT2D eigenvalue weighted by atomic mass is 10.2. The van der Waals surface area contributed by atoms with Crippen LogP contribution in [0.4, 0.5) is 9.39 Å². The molecule has 1 aromatic carbocycles. The molecule has 0 spiro atoms. The van der Waals surface area contributed by atoms with E-state index in [-0.39, 0.29) is 51.3 Å². The van der Waals surface area contributed by atoms with Gasteiger partial charge >= 0.3 is 5.97 Å². The zero-order valence-electron chi connectivity index (χ0n) is 17.0. The zero-order chi connectivity index (χ0) is 23.1. The van der Waals surface area contributed by atoms with Crippen LogP contribution in [0.25, 0.3) is 0 Å². The quantitative estimate of drug-likeness (QED) is 0.361. The van der Waals surface area contributed by atoms with Gasteiger partial charge in [-0.25, -0.2) is 9.18 Å². The summed E-state index contributed by atoms with van der Waals surface area (Å²) < 4.78 is 29.2. The average Bonchev–Trinajstić information content (AvgIpc) is 3.35. The third-order valence-corrected chi connectivity index (χ3v) is 5.94. The van der Waals surface area contributed by atoms with Crippen molar-refractivity contribution in [2.45, 2.75) is 25.7 Å². The van der Waals surface area contributed by atoms with Crippen molar-refractivity contribution in [2.75, 3.05) is 17.7 Å². The largest absolute Gasteiger partial charge is 0.481 e. The lowest BCUT2D eigenvalue weighted by Crippen LogP contribution is -2.13. The number of ether oxygens (including phenoxy) is 2. The van der Waals surface area contributed by atoms with E-state index in [4.69, 9.17) is 13.9 Å². The minimum Gasteiger partial charge on any atom is -0.481 e. The van der Waals surface area contributed by atoms with E-state index in [2.05, 4.69) is 15.5 Å². The van der Waals surface area contributed by atoms with Crippen LogP contribution in [-0.2, 0) is 16.1 Å². The topological polar surface area (TPSA) is 127 Å². The number of carbonyl (C=O) groups is 2. The smallest absolute Gasteiger partial charge is 0.348 e. The van der Waals surface area contributed by atoms with Gasteiger partial charge in [-0.2, -0.15) is 5.26 Å². The monoisotopic (exact) mass is 476 g/mol. The van der Waals surface area contributed by atoms with Gasteiger partial charge in [0.05, 0.1) is 17.9 Å². The minimum atomic E-state index is -0.544. The van der Waals surface area contributed by atoms with Crippen molar-refractivity contribution >= 4 is 40.0 Å². The number of benzene rings is 1. The summed E-state index contributed by atoms with van der Waals surface area (Å²) in [7, 11) is 0. The molecule has 0 fully saturated rings. The highest BCUT2D eigenvalue weighted by Gasteiger charge is 2.22. The maximum atomic E-state index is 13.6. The van der Waals surface area contributed by atoms with Gasteiger partial charge in [-0.1, -0.05) is 23.9 Å². The number of carbonyl (C=O) groups excluding carboxylic acids is 2. The van der Waals surface area contributed by atoms with Crippen molar-refractivity contribution in [1.29, 1.82) is 5.26 Å². The number of anilines is 1. The third-order valence-electron chi connectivity index (χ3n) is 3.94. The maximum Gasteiger partial charge on any atom is 0.348 e. The van der Waals surface area contributed by atoms with Crippen LogP contribution < -0.4 is 10.1 Å². The van der Waals surface area contributed by atoms with E-state index in [0.29, 0.717) is 5.56 Å². The number of rotatable bonds is 9. The molecule has 32 heavy (non-hydrogen) atoms. The Bertz CT molecular complexity index is 1170. The number of thioether (sulfide) groups is 1. The average molecular weight is 477 g/mol. The molecule has 0 bridgehead atoms. The fraction of sp³-hybridized carbons (Fsp3) is 0.250. The van der Waals surface area contributed by atoms with Gasteiger partial charge in [0.15, 0.2) is 18.2 Å². The number of thiophene rings is 1. The predicted octanol–water partition coefficient (Wildman–Crippen LogP) is 3.94. The molecule has 1 N–H and O–H groups in total. The molecular weight excluding hydrogens is 459 g/mol. The molecule has 9 nitrogen and oxygen atoms in total. The van der Waals surface area contributed by atoms with Crippen LogP contribution in [-0.4, -0.2) is 34.4 Å². The molecule has 0 aliphatic heterocycles. The maximum absolute atomic E-state index is 13.6. The van der Waals surface area contributed by atoms with Gasteiger partial charge in [0.1, 0.15) is 15.9 Å². The number of nitriles is 1. The summed E-state index contributed by atoms with van der Waals surface area (Å²) in [6.07, 6.45) is 0. The molecule has 0 unspecified atom stereocenters. The Morgan fingerprint density at radius 3 is 2.84 bits per heavy atom. The van der Waals surface area contributed by atoms with Crippen molar-refractivity contribution in [1.82, 2.24) is 10.2 Å². The second kappa shape index (κ2) is 10.7. The lowest BCUT2D eigenvalue weighted by Gasteiger charge is -2.03. The third kappa shape index (κ3) is 5.63. The van der Waals surface area contributed by atoms with E-state index in [9.17, 15) is 19.2 Å². The number of aromatic nitrogens is 2. The normalized spacial score (nSPS) is 10.4. The molecule has 0 saturated carbocycles. The molecule has 0 aliphatic carbocycles. The predicted molar refractivity (Wildman–Crippen MR) is 114 cm³/mol. The highest BCUT2D eigenvalue weighted by Crippen LogP contribution is 2.33. The minimum absolute atomic E-state index is 0.0565. The molecule has 0 atom stereocenters. The Balaban J connectivity index is 1.56. The Morgan fingerprint density at radius 1 is 1.34 bits per heavy atom. The first kappa shape index (κ1) is 23.2. The Morgan fingerprint density at radius 2 is 2.12 bits per heavy atom. The van der Waals surface area contributed by atoms with Gasteiger partial charge in [-0.3, -0.25) is 4.79 Å². The van der Waals surface area contributed by atoms with Gasteiger partial charge in [0, 0.05) is 0 Å². The van der Waals surface area contributed by atoms with Crippen LogP contribution in [0.3, 0.4) is 0 Å². The van der Waals surface area contributed by atoms with Crippen LogP contribution in [0.15, 0.2) is 33.9 Å². The van der Waals surface area contributed by atoms with Crippen molar-refractivity contribution in [3.05, 3.63) is 52.0 Å². The summed E-state index contributed by atoms with van der Waals surface area (Å²) >= 11 is 1.96. The Hall–Kier alpha value is -3.43. The van der Waals surface area contributed by atoms with Crippen LogP contribution in [0.1, 0.15) is 33.6 Å². The number of nitrogens with one attached hydrogen (secondary N) is 1. The number of para-hydroxylation sites is 1. The molecule has 2 heterocycles. The fourth-order valence-corrected chi connectivity index (χ4v) is 4.12. The van der Waals surface area contributed by atoms with Gasteiger partial charge in [-0.15, -0.1) is 21.5 Å². The van der Waals surface area contributed by atoms with Crippen LogP contribution in [0.5, 0.6) is 5.75 Å². The number of amides is 1. The first-order chi connectivity index (χ1) is 15.4. The number of hydrogen-bond donors (Lipinski definition) is 1. The van der Waals surface area contributed by atoms with Gasteiger partial charge < -0.3 is 19.2 Å². The number of hydrogen-bond acceptors (Lipinski definition) is 10. The standard InChI is InChI=1S/C20H17FN4O5S2/c1-3-28-19(27)17-11(2)12(8-22)18(32-17)23-15(26)10-31-20-25-24-16(30-20)9-29-14-7-5-4-6-13(14)21/h4-7H,3,9-10H2,1-2H3,(H,23,26). The van der Waals surface area contributed by atoms with Gasteiger partial charge in [0.2, 0.25) is 5.91 Å². The number of nitrogens with zero attached hydrogens (tertiary/aromatic N) is 3. The van der Waals surface area contributed by atoms with Crippen molar-refractivity contribution in [3.63, 3.8) is 0 Å². The summed E-state index contributed by atoms with van der Waals surface area (Å²) in [4.78, 5) is 24.6. The summed E-state index contributed by atoms with van der Waals surface area (Å²) in [5, 5.41) is 20.0. The zero-order valence-corrected chi connectivity index (χ0v) is 18.6. The van der Waals surface area contributed by atoms with E-state index < -0.39 is 17.7 Å². The van der Waals surface area contributed by atoms with E-state index >= 15 is 0 Å². The fourth-order valence-electron chi connectivity index (χ4n) is 2.47. The SMILES string of the molecule is CCOC(=O)c1sc(NC(=O)CSc2nnc(COc3ccccc3F)o2)c(C#N)c1C. The molecule has 12 heteroatoms. The van der Waals surface area contributed by atoms with Gasteiger partial charge in [-0.05, 0) is 31.5 Å². The highest BCUT2D eigenvalue weighted by molar-refractivity contribution is 7.99. The number of esters is 1. The summed E-state index contributed by atoms with van der Waals surface area (Å²) in [5.41, 5.74) is 0.664. The molecule has 166 valence electrons. The first-order valence-corrected chi connectivity index (χ1v) is 11.1. The van der Waals surface area contributed by atoms with E-state index in [1.807, 2.05) is 6.07 Å². The van der Waals surface area contributed by atoms with E-state index in [0.717, 1.165) is 23.1 Å².